The molecule has 242 valence electrons. The van der Waals surface area contributed by atoms with Gasteiger partial charge in [-0.3, -0.25) is 4.79 Å². The average molecular weight is 638 g/mol. The van der Waals surface area contributed by atoms with E-state index in [2.05, 4.69) is 96.4 Å². The largest absolute Gasteiger partial charge is 0.540 e. The molecule has 2 heterocycles. The molecule has 9 heteroatoms. The van der Waals surface area contributed by atoms with Gasteiger partial charge in [-0.25, -0.2) is 0 Å². The first-order valence-electron chi connectivity index (χ1n) is 16.3. The molecule has 2 N–H and O–H groups in total. The molecular weight excluding hydrogens is 583 g/mol. The Morgan fingerprint density at radius 3 is 2.14 bits per heavy atom. The summed E-state index contributed by atoms with van der Waals surface area (Å²) in [7, 11) is -1.86. The second-order valence-corrected chi connectivity index (χ2v) is 25.6. The fourth-order valence-corrected chi connectivity index (χ4v) is 13.0. The van der Waals surface area contributed by atoms with Crippen LogP contribution in [0.4, 0.5) is 5.69 Å². The minimum Gasteiger partial charge on any atom is -0.540 e. The molecule has 0 radical (unpaired) electrons. The quantitative estimate of drug-likeness (QED) is 0.177. The fourth-order valence-electron chi connectivity index (χ4n) is 7.04. The number of fused-ring (bicyclic) bond motifs is 2. The maximum atomic E-state index is 14.3. The zero-order valence-electron chi connectivity index (χ0n) is 28.7. The van der Waals surface area contributed by atoms with E-state index >= 15 is 0 Å². The molecule has 0 saturated heterocycles. The first kappa shape index (κ1) is 34.3. The second-order valence-electron chi connectivity index (χ2n) is 14.6. The summed E-state index contributed by atoms with van der Waals surface area (Å²) in [5.74, 6) is 1.31. The summed E-state index contributed by atoms with van der Waals surface area (Å²) in [4.78, 5) is 18.5. The molecular formula is C35H55N3O4Si2. The molecule has 2 aliphatic heterocycles. The van der Waals surface area contributed by atoms with E-state index in [4.69, 9.17) is 19.6 Å². The Bertz CT molecular complexity index is 1310. The van der Waals surface area contributed by atoms with Gasteiger partial charge in [-0.2, -0.15) is 0 Å². The number of anilines is 1. The van der Waals surface area contributed by atoms with Crippen molar-refractivity contribution in [2.45, 2.75) is 103 Å². The van der Waals surface area contributed by atoms with Crippen LogP contribution >= 0.6 is 0 Å². The van der Waals surface area contributed by atoms with Crippen molar-refractivity contribution in [2.24, 2.45) is 5.73 Å². The number of ether oxygens (including phenoxy) is 2. The summed E-state index contributed by atoms with van der Waals surface area (Å²) in [5.41, 5.74) is 11.9. The standard InChI is InChI=1S/C35H55N3O4Si2/c1-24(2)44(25(3)4,26(5)6)42-34-19-32-31(18-33(34)40-7)35(39)38-21-29(28-13-11-27(20-36)12-14-28)17-30(38)22-37(32)23-41-15-16-43(8,9)10/h11-14,18-19,21,24-26,30H,15-17,20,22-23,36H2,1-10H3/t30-/m0/s1. The van der Waals surface area contributed by atoms with Crippen molar-refractivity contribution in [3.05, 3.63) is 59.3 Å². The van der Waals surface area contributed by atoms with E-state index in [9.17, 15) is 4.79 Å². The van der Waals surface area contributed by atoms with Crippen LogP contribution in [0.25, 0.3) is 5.57 Å². The Kier molecular flexibility index (Phi) is 10.8. The first-order chi connectivity index (χ1) is 20.7. The Hall–Kier alpha value is -2.60. The van der Waals surface area contributed by atoms with Crippen LogP contribution in [0.15, 0.2) is 42.6 Å². The van der Waals surface area contributed by atoms with E-state index in [1.807, 2.05) is 17.2 Å². The first-order valence-corrected chi connectivity index (χ1v) is 22.1. The van der Waals surface area contributed by atoms with Crippen molar-refractivity contribution in [1.29, 1.82) is 0 Å². The van der Waals surface area contributed by atoms with Crippen LogP contribution < -0.4 is 19.8 Å². The number of hydrogen-bond acceptors (Lipinski definition) is 6. The van der Waals surface area contributed by atoms with E-state index in [0.29, 0.717) is 54.4 Å². The number of benzene rings is 2. The molecule has 0 aliphatic carbocycles. The normalized spacial score (nSPS) is 17.3. The lowest BCUT2D eigenvalue weighted by Gasteiger charge is -2.42. The summed E-state index contributed by atoms with van der Waals surface area (Å²) >= 11 is 0. The second kappa shape index (κ2) is 13.8. The van der Waals surface area contributed by atoms with Crippen molar-refractivity contribution in [2.75, 3.05) is 31.9 Å². The highest BCUT2D eigenvalue weighted by molar-refractivity contribution is 6.78. The van der Waals surface area contributed by atoms with Crippen molar-refractivity contribution >= 4 is 33.6 Å². The Balaban J connectivity index is 1.77. The SMILES string of the molecule is COc1cc2c(cc1O[Si](C(C)C)(C(C)C)C(C)C)N(COCC[Si](C)(C)C)C[C@@H]1CC(c3ccc(CN)cc3)=CN1C2=O. The third-order valence-corrected chi connectivity index (χ3v) is 17.2. The van der Waals surface area contributed by atoms with Crippen molar-refractivity contribution in [3.63, 3.8) is 0 Å². The van der Waals surface area contributed by atoms with Gasteiger partial charge >= 0.3 is 0 Å². The molecule has 44 heavy (non-hydrogen) atoms. The lowest BCUT2D eigenvalue weighted by molar-refractivity contribution is 0.0791. The summed E-state index contributed by atoms with van der Waals surface area (Å²) in [6.07, 6.45) is 2.81. The molecule has 0 bridgehead atoms. The van der Waals surface area contributed by atoms with E-state index in [-0.39, 0.29) is 11.9 Å². The van der Waals surface area contributed by atoms with Crippen LogP contribution in [0, 0.1) is 0 Å². The number of hydrogen-bond donors (Lipinski definition) is 1. The maximum Gasteiger partial charge on any atom is 0.260 e. The lowest BCUT2D eigenvalue weighted by atomic mass is 10.0. The fraction of sp³-hybridized carbons (Fsp3) is 0.571. The predicted octanol–water partition coefficient (Wildman–Crippen LogP) is 8.10. The number of methoxy groups -OCH3 is 1. The Labute approximate surface area is 267 Å². The van der Waals surface area contributed by atoms with Crippen LogP contribution in [0.1, 0.15) is 69.4 Å². The smallest absolute Gasteiger partial charge is 0.260 e. The number of nitrogens with zero attached hydrogens (tertiary/aromatic N) is 2. The minimum absolute atomic E-state index is 0.00880. The molecule has 0 spiro atoms. The molecule has 0 aromatic heterocycles. The topological polar surface area (TPSA) is 77.3 Å². The molecule has 2 aromatic rings. The molecule has 2 aliphatic rings. The Morgan fingerprint density at radius 1 is 0.955 bits per heavy atom. The highest BCUT2D eigenvalue weighted by Crippen LogP contribution is 2.47. The molecule has 1 atom stereocenters. The van der Waals surface area contributed by atoms with E-state index in [1.165, 1.54) is 0 Å². The van der Waals surface area contributed by atoms with Gasteiger partial charge in [-0.05, 0) is 51.9 Å². The number of nitrogens with two attached hydrogens (primary N) is 1. The van der Waals surface area contributed by atoms with Gasteiger partial charge in [0, 0.05) is 40.0 Å². The monoisotopic (exact) mass is 637 g/mol. The molecule has 2 aromatic carbocycles. The molecule has 0 unspecified atom stereocenters. The number of carbonyl (C=O) groups excluding carboxylic acids is 1. The van der Waals surface area contributed by atoms with Crippen molar-refractivity contribution in [1.82, 2.24) is 4.90 Å². The van der Waals surface area contributed by atoms with Crippen LogP contribution in [0.3, 0.4) is 0 Å². The van der Waals surface area contributed by atoms with Gasteiger partial charge < -0.3 is 29.4 Å². The molecule has 4 rings (SSSR count). The zero-order chi connectivity index (χ0) is 32.4. The van der Waals surface area contributed by atoms with E-state index in [1.54, 1.807) is 7.11 Å². The highest BCUT2D eigenvalue weighted by atomic mass is 28.4. The maximum absolute atomic E-state index is 14.3. The van der Waals surface area contributed by atoms with Gasteiger partial charge in [-0.15, -0.1) is 0 Å². The zero-order valence-corrected chi connectivity index (χ0v) is 30.7. The van der Waals surface area contributed by atoms with Crippen molar-refractivity contribution < 1.29 is 18.7 Å². The predicted molar refractivity (Wildman–Crippen MR) is 188 cm³/mol. The van der Waals surface area contributed by atoms with Crippen LogP contribution in [-0.2, 0) is 11.3 Å². The van der Waals surface area contributed by atoms with Gasteiger partial charge in [0.15, 0.2) is 5.75 Å². The van der Waals surface area contributed by atoms with Gasteiger partial charge in [0.1, 0.15) is 12.5 Å². The van der Waals surface area contributed by atoms with Gasteiger partial charge in [0.2, 0.25) is 0 Å². The third-order valence-electron chi connectivity index (χ3n) is 9.46. The van der Waals surface area contributed by atoms with Gasteiger partial charge in [-0.1, -0.05) is 85.4 Å². The van der Waals surface area contributed by atoms with Crippen LogP contribution in [0.2, 0.25) is 42.3 Å². The van der Waals surface area contributed by atoms with Gasteiger partial charge in [0.25, 0.3) is 14.2 Å². The van der Waals surface area contributed by atoms with E-state index < -0.39 is 16.4 Å². The van der Waals surface area contributed by atoms with E-state index in [0.717, 1.165) is 40.6 Å². The molecule has 0 fully saturated rings. The average Bonchev–Trinajstić information content (AvgIpc) is 3.35. The van der Waals surface area contributed by atoms with Gasteiger partial charge in [0.05, 0.1) is 24.4 Å². The van der Waals surface area contributed by atoms with Crippen LogP contribution in [0.5, 0.6) is 11.5 Å². The van der Waals surface area contributed by atoms with Crippen molar-refractivity contribution in [3.8, 4) is 11.5 Å². The van der Waals surface area contributed by atoms with Crippen LogP contribution in [-0.4, -0.2) is 60.2 Å². The number of carbonyl (C=O) groups is 1. The number of rotatable bonds is 13. The number of amides is 1. The highest BCUT2D eigenvalue weighted by Gasteiger charge is 2.48. The lowest BCUT2D eigenvalue weighted by Crippen LogP contribution is -2.50. The minimum atomic E-state index is -2.28. The molecule has 1 amide bonds. The summed E-state index contributed by atoms with van der Waals surface area (Å²) in [5, 5.41) is 0. The third kappa shape index (κ3) is 7.11. The summed E-state index contributed by atoms with van der Waals surface area (Å²) < 4.78 is 19.4. The molecule has 7 nitrogen and oxygen atoms in total. The summed E-state index contributed by atoms with van der Waals surface area (Å²) in [6, 6.07) is 13.4. The molecule has 0 saturated carbocycles. The Morgan fingerprint density at radius 2 is 1.59 bits per heavy atom. The summed E-state index contributed by atoms with van der Waals surface area (Å²) in [6.45, 7) is 23.1.